The summed E-state index contributed by atoms with van der Waals surface area (Å²) in [6.45, 7) is 4.20. The van der Waals surface area contributed by atoms with Crippen molar-refractivity contribution in [2.24, 2.45) is 5.10 Å². The highest BCUT2D eigenvalue weighted by molar-refractivity contribution is 6.01. The fourth-order valence-electron chi connectivity index (χ4n) is 2.65. The zero-order valence-electron chi connectivity index (χ0n) is 12.4. The molecule has 0 saturated heterocycles. The number of hydrogen-bond donors (Lipinski definition) is 2. The molecule has 0 spiro atoms. The summed E-state index contributed by atoms with van der Waals surface area (Å²) in [5.41, 5.74) is 8.75. The number of nitrogens with zero attached hydrogens (tertiary/aromatic N) is 1. The van der Waals surface area contributed by atoms with Gasteiger partial charge in [0.15, 0.2) is 0 Å². The van der Waals surface area contributed by atoms with Gasteiger partial charge in [0.1, 0.15) is 5.75 Å². The van der Waals surface area contributed by atoms with E-state index in [1.165, 1.54) is 11.1 Å². The predicted octanol–water partition coefficient (Wildman–Crippen LogP) is 3.70. The molecule has 1 atom stereocenters. The quantitative estimate of drug-likeness (QED) is 0.900. The molecule has 0 radical (unpaired) electrons. The van der Waals surface area contributed by atoms with Crippen LogP contribution in [0.5, 0.6) is 5.75 Å². The number of phenols is 1. The van der Waals surface area contributed by atoms with E-state index in [0.717, 1.165) is 29.7 Å². The van der Waals surface area contributed by atoms with Gasteiger partial charge in [0.2, 0.25) is 0 Å². The van der Waals surface area contributed by atoms with Gasteiger partial charge in [-0.2, -0.15) is 5.10 Å². The van der Waals surface area contributed by atoms with Gasteiger partial charge in [0.05, 0.1) is 11.8 Å². The lowest BCUT2D eigenvalue weighted by Crippen LogP contribution is -2.10. The third-order valence-electron chi connectivity index (χ3n) is 4.01. The second-order valence-corrected chi connectivity index (χ2v) is 5.56. The van der Waals surface area contributed by atoms with Gasteiger partial charge in [-0.3, -0.25) is 0 Å². The fraction of sp³-hybridized carbons (Fsp3) is 0.278. The number of rotatable bonds is 3. The number of nitrogens with one attached hydrogen (secondary N) is 1. The maximum Gasteiger partial charge on any atom is 0.120 e. The summed E-state index contributed by atoms with van der Waals surface area (Å²) in [6, 6.07) is 14.3. The van der Waals surface area contributed by atoms with Crippen LogP contribution in [0.15, 0.2) is 47.6 Å². The molecule has 0 bridgehead atoms. The molecule has 2 N–H and O–H groups in total. The van der Waals surface area contributed by atoms with Crippen molar-refractivity contribution in [3.63, 3.8) is 0 Å². The smallest absolute Gasteiger partial charge is 0.120 e. The molecule has 0 aliphatic carbocycles. The van der Waals surface area contributed by atoms with Crippen LogP contribution in [0.25, 0.3) is 0 Å². The molecule has 3 rings (SSSR count). The van der Waals surface area contributed by atoms with Crippen LogP contribution in [0.2, 0.25) is 0 Å². The highest BCUT2D eigenvalue weighted by atomic mass is 16.3. The zero-order valence-corrected chi connectivity index (χ0v) is 12.4. The van der Waals surface area contributed by atoms with E-state index in [1.807, 2.05) is 6.07 Å². The van der Waals surface area contributed by atoms with E-state index in [0.29, 0.717) is 5.75 Å². The minimum absolute atomic E-state index is 0.0489. The van der Waals surface area contributed by atoms with Crippen molar-refractivity contribution in [3.05, 3.63) is 64.7 Å². The molecule has 1 aliphatic heterocycles. The number of phenolic OH excluding ortho intramolecular Hbond substituents is 1. The Labute approximate surface area is 125 Å². The molecule has 108 valence electrons. The van der Waals surface area contributed by atoms with Crippen LogP contribution in [0.4, 0.5) is 0 Å². The van der Waals surface area contributed by atoms with Crippen molar-refractivity contribution in [1.82, 2.24) is 5.43 Å². The molecular weight excluding hydrogens is 260 g/mol. The van der Waals surface area contributed by atoms with Crippen molar-refractivity contribution < 1.29 is 5.11 Å². The van der Waals surface area contributed by atoms with Gasteiger partial charge < -0.3 is 10.5 Å². The minimum Gasteiger partial charge on any atom is -0.508 e. The van der Waals surface area contributed by atoms with Crippen molar-refractivity contribution in [2.75, 3.05) is 0 Å². The normalized spacial score (nSPS) is 17.4. The van der Waals surface area contributed by atoms with Gasteiger partial charge in [-0.15, -0.1) is 0 Å². The van der Waals surface area contributed by atoms with E-state index < -0.39 is 0 Å². The third-order valence-corrected chi connectivity index (χ3v) is 4.01. The highest BCUT2D eigenvalue weighted by Gasteiger charge is 2.23. The van der Waals surface area contributed by atoms with Crippen molar-refractivity contribution in [3.8, 4) is 5.75 Å². The first-order valence-electron chi connectivity index (χ1n) is 7.38. The molecule has 0 fully saturated rings. The molecule has 2 aromatic rings. The first-order valence-corrected chi connectivity index (χ1v) is 7.38. The van der Waals surface area contributed by atoms with Crippen LogP contribution in [-0.4, -0.2) is 10.8 Å². The summed E-state index contributed by atoms with van der Waals surface area (Å²) < 4.78 is 0. The molecule has 1 aliphatic rings. The number of benzene rings is 2. The van der Waals surface area contributed by atoms with E-state index in [4.69, 9.17) is 0 Å². The second-order valence-electron chi connectivity index (χ2n) is 5.56. The highest BCUT2D eigenvalue weighted by Crippen LogP contribution is 2.31. The molecule has 1 unspecified atom stereocenters. The van der Waals surface area contributed by atoms with Crippen molar-refractivity contribution in [1.29, 1.82) is 0 Å². The molecular formula is C18H20N2O. The standard InChI is InChI=1S/C18H20N2O/c1-3-13-6-9-18(21)15(10-13)17-11-16(19-20-17)14-7-4-12(2)5-8-14/h4-10,17,20-21H,3,11H2,1-2H3. The Morgan fingerprint density at radius 2 is 1.95 bits per heavy atom. The van der Waals surface area contributed by atoms with Crippen LogP contribution in [0.3, 0.4) is 0 Å². The Bertz CT molecular complexity index is 674. The Kier molecular flexibility index (Phi) is 3.65. The fourth-order valence-corrected chi connectivity index (χ4v) is 2.65. The molecule has 21 heavy (non-hydrogen) atoms. The Hall–Kier alpha value is -2.29. The van der Waals surface area contributed by atoms with E-state index in [9.17, 15) is 5.11 Å². The first kappa shape index (κ1) is 13.7. The minimum atomic E-state index is 0.0489. The molecule has 0 amide bonds. The summed E-state index contributed by atoms with van der Waals surface area (Å²) in [6.07, 6.45) is 1.76. The average molecular weight is 280 g/mol. The van der Waals surface area contributed by atoms with Gasteiger partial charge in [-0.25, -0.2) is 0 Å². The number of hydrazone groups is 1. The lowest BCUT2D eigenvalue weighted by atomic mass is 9.96. The first-order chi connectivity index (χ1) is 10.2. The van der Waals surface area contributed by atoms with Gasteiger partial charge >= 0.3 is 0 Å². The van der Waals surface area contributed by atoms with Crippen molar-refractivity contribution in [2.45, 2.75) is 32.7 Å². The van der Waals surface area contributed by atoms with Crippen LogP contribution in [0.1, 0.15) is 41.6 Å². The van der Waals surface area contributed by atoms with Gasteiger partial charge in [0.25, 0.3) is 0 Å². The summed E-state index contributed by atoms with van der Waals surface area (Å²) in [4.78, 5) is 0. The molecule has 0 aromatic heterocycles. The lowest BCUT2D eigenvalue weighted by molar-refractivity contribution is 0.455. The zero-order chi connectivity index (χ0) is 14.8. The molecule has 3 heteroatoms. The monoisotopic (exact) mass is 280 g/mol. The largest absolute Gasteiger partial charge is 0.508 e. The van der Waals surface area contributed by atoms with E-state index in [2.05, 4.69) is 54.7 Å². The summed E-state index contributed by atoms with van der Waals surface area (Å²) >= 11 is 0. The van der Waals surface area contributed by atoms with E-state index in [-0.39, 0.29) is 6.04 Å². The Morgan fingerprint density at radius 3 is 2.67 bits per heavy atom. The van der Waals surface area contributed by atoms with Gasteiger partial charge in [-0.1, -0.05) is 42.8 Å². The van der Waals surface area contributed by atoms with E-state index >= 15 is 0 Å². The molecule has 0 saturated carbocycles. The predicted molar refractivity (Wildman–Crippen MR) is 85.7 cm³/mol. The summed E-state index contributed by atoms with van der Waals surface area (Å²) in [5.74, 6) is 0.338. The molecule has 2 aromatic carbocycles. The SMILES string of the molecule is CCc1ccc(O)c(C2CC(c3ccc(C)cc3)=NN2)c1. The number of hydrogen-bond acceptors (Lipinski definition) is 3. The van der Waals surface area contributed by atoms with Gasteiger partial charge in [0, 0.05) is 12.0 Å². The van der Waals surface area contributed by atoms with Crippen LogP contribution in [-0.2, 0) is 6.42 Å². The van der Waals surface area contributed by atoms with Crippen LogP contribution >= 0.6 is 0 Å². The van der Waals surface area contributed by atoms with Gasteiger partial charge in [-0.05, 0) is 36.6 Å². The average Bonchev–Trinajstić information content (AvgIpc) is 2.98. The summed E-state index contributed by atoms with van der Waals surface area (Å²) in [5, 5.41) is 14.5. The Morgan fingerprint density at radius 1 is 1.19 bits per heavy atom. The lowest BCUT2D eigenvalue weighted by Gasteiger charge is -2.13. The summed E-state index contributed by atoms with van der Waals surface area (Å²) in [7, 11) is 0. The maximum absolute atomic E-state index is 10.1. The number of aryl methyl sites for hydroxylation is 2. The van der Waals surface area contributed by atoms with E-state index in [1.54, 1.807) is 6.07 Å². The van der Waals surface area contributed by atoms with Crippen LogP contribution in [0, 0.1) is 6.92 Å². The van der Waals surface area contributed by atoms with Crippen LogP contribution < -0.4 is 5.43 Å². The second kappa shape index (κ2) is 5.60. The maximum atomic E-state index is 10.1. The Balaban J connectivity index is 1.81. The molecule has 1 heterocycles. The van der Waals surface area contributed by atoms with Crippen molar-refractivity contribution >= 4 is 5.71 Å². The topological polar surface area (TPSA) is 44.6 Å². The number of aromatic hydroxyl groups is 1. The third kappa shape index (κ3) is 2.77. The molecule has 3 nitrogen and oxygen atoms in total.